The SMILES string of the molecule is COCO[C@@H]1C[C@]2(C)[C@@H](CN=[N+]=[N-])CC[C@]2(OCOC)C2CC[C@]3(O)C[C@@H](C)C[C@H]4OC(C)(C)OC[C@]43C21. The molecule has 1 saturated heterocycles. The lowest BCUT2D eigenvalue weighted by Crippen LogP contribution is -2.78. The van der Waals surface area contributed by atoms with Crippen molar-refractivity contribution in [2.45, 2.75) is 102 Å². The lowest BCUT2D eigenvalue weighted by molar-refractivity contribution is -0.405. The van der Waals surface area contributed by atoms with Crippen molar-refractivity contribution < 1.29 is 33.5 Å². The number of aliphatic hydroxyl groups is 1. The van der Waals surface area contributed by atoms with E-state index in [-0.39, 0.29) is 49.0 Å². The first-order valence-electron chi connectivity index (χ1n) is 14.3. The summed E-state index contributed by atoms with van der Waals surface area (Å²) in [7, 11) is 3.30. The Labute approximate surface area is 226 Å². The fourth-order valence-corrected chi connectivity index (χ4v) is 9.86. The van der Waals surface area contributed by atoms with Crippen LogP contribution in [-0.2, 0) is 28.4 Å². The Morgan fingerprint density at radius 3 is 2.55 bits per heavy atom. The highest BCUT2D eigenvalue weighted by atomic mass is 16.7. The Morgan fingerprint density at radius 1 is 1.08 bits per heavy atom. The van der Waals surface area contributed by atoms with Crippen LogP contribution in [0.3, 0.4) is 0 Å². The molecule has 216 valence electrons. The maximum Gasteiger partial charge on any atom is 0.163 e. The standard InChI is InChI=1S/C28H47N3O7/c1-18-11-22-27(15-36-24(2,3)38-22)23-20(8-9-26(27,32)12-18)28(37-17-34-6)10-7-19(14-30-31-29)25(28,4)13-21(23)35-16-33-5/h18-23,32H,7-17H2,1-6H3/t18-,19+,20?,21+,22+,23?,25+,26-,27+,28-/m0/s1. The Kier molecular flexibility index (Phi) is 7.62. The second-order valence-electron chi connectivity index (χ2n) is 13.4. The van der Waals surface area contributed by atoms with Crippen LogP contribution in [0.5, 0.6) is 0 Å². The lowest BCUT2D eigenvalue weighted by atomic mass is 9.39. The van der Waals surface area contributed by atoms with E-state index in [1.165, 1.54) is 0 Å². The smallest absolute Gasteiger partial charge is 0.163 e. The summed E-state index contributed by atoms with van der Waals surface area (Å²) in [6, 6.07) is 0. The molecule has 0 aromatic heterocycles. The Balaban J connectivity index is 1.66. The van der Waals surface area contributed by atoms with Crippen molar-refractivity contribution in [2.75, 3.05) is 41.0 Å². The van der Waals surface area contributed by atoms with Gasteiger partial charge in [0.05, 0.1) is 35.4 Å². The molecule has 1 N–H and O–H groups in total. The molecule has 5 aliphatic rings. The Morgan fingerprint density at radius 2 is 1.84 bits per heavy atom. The topological polar surface area (TPSA) is 124 Å². The summed E-state index contributed by atoms with van der Waals surface area (Å²) in [5, 5.41) is 16.6. The van der Waals surface area contributed by atoms with Gasteiger partial charge < -0.3 is 33.5 Å². The molecule has 0 aromatic carbocycles. The fraction of sp³-hybridized carbons (Fsp3) is 1.00. The molecule has 10 heteroatoms. The Bertz CT molecular complexity index is 930. The molecule has 4 aliphatic carbocycles. The summed E-state index contributed by atoms with van der Waals surface area (Å²) in [6.45, 7) is 9.63. The summed E-state index contributed by atoms with van der Waals surface area (Å²) >= 11 is 0. The van der Waals surface area contributed by atoms with E-state index < -0.39 is 22.4 Å². The molecule has 38 heavy (non-hydrogen) atoms. The van der Waals surface area contributed by atoms with Crippen molar-refractivity contribution >= 4 is 0 Å². The van der Waals surface area contributed by atoms with Gasteiger partial charge in [-0.3, -0.25) is 0 Å². The highest BCUT2D eigenvalue weighted by molar-refractivity contribution is 5.25. The number of hydrogen-bond acceptors (Lipinski definition) is 8. The van der Waals surface area contributed by atoms with Crippen molar-refractivity contribution in [2.24, 2.45) is 39.6 Å². The van der Waals surface area contributed by atoms with Crippen LogP contribution in [0.25, 0.3) is 10.4 Å². The first-order valence-corrected chi connectivity index (χ1v) is 14.3. The van der Waals surface area contributed by atoms with Crippen LogP contribution < -0.4 is 0 Å². The van der Waals surface area contributed by atoms with Crippen LogP contribution in [0.1, 0.15) is 72.6 Å². The van der Waals surface area contributed by atoms with Crippen LogP contribution in [-0.4, -0.2) is 75.3 Å². The normalized spacial score (nSPS) is 49.2. The average molecular weight is 538 g/mol. The largest absolute Gasteiger partial charge is 0.389 e. The van der Waals surface area contributed by atoms with E-state index in [1.807, 2.05) is 13.8 Å². The molecule has 5 rings (SSSR count). The van der Waals surface area contributed by atoms with Crippen LogP contribution in [0, 0.1) is 34.5 Å². The minimum Gasteiger partial charge on any atom is -0.389 e. The highest BCUT2D eigenvalue weighted by Gasteiger charge is 2.77. The van der Waals surface area contributed by atoms with E-state index in [4.69, 9.17) is 34.0 Å². The van der Waals surface area contributed by atoms with E-state index in [0.29, 0.717) is 31.9 Å². The first-order chi connectivity index (χ1) is 18.0. The van der Waals surface area contributed by atoms with Crippen LogP contribution >= 0.6 is 0 Å². The number of azide groups is 1. The van der Waals surface area contributed by atoms with Gasteiger partial charge >= 0.3 is 0 Å². The third kappa shape index (κ3) is 4.05. The van der Waals surface area contributed by atoms with Gasteiger partial charge in [0.25, 0.3) is 0 Å². The van der Waals surface area contributed by atoms with E-state index in [1.54, 1.807) is 14.2 Å². The first kappa shape index (κ1) is 28.6. The van der Waals surface area contributed by atoms with Gasteiger partial charge in [0.15, 0.2) is 5.79 Å². The molecular formula is C28H47N3O7. The molecule has 1 aliphatic heterocycles. The van der Waals surface area contributed by atoms with E-state index >= 15 is 0 Å². The van der Waals surface area contributed by atoms with Gasteiger partial charge in [0.2, 0.25) is 0 Å². The van der Waals surface area contributed by atoms with Crippen LogP contribution in [0.4, 0.5) is 0 Å². The zero-order valence-electron chi connectivity index (χ0n) is 24.0. The maximum atomic E-state index is 12.6. The third-order valence-corrected chi connectivity index (χ3v) is 11.3. The van der Waals surface area contributed by atoms with Gasteiger partial charge in [0, 0.05) is 37.0 Å². The zero-order chi connectivity index (χ0) is 27.4. The maximum absolute atomic E-state index is 12.6. The molecule has 10 nitrogen and oxygen atoms in total. The van der Waals surface area contributed by atoms with Crippen molar-refractivity contribution in [3.8, 4) is 0 Å². The van der Waals surface area contributed by atoms with E-state index in [9.17, 15) is 5.11 Å². The van der Waals surface area contributed by atoms with Crippen molar-refractivity contribution in [3.63, 3.8) is 0 Å². The molecule has 0 amide bonds. The molecule has 2 unspecified atom stereocenters. The van der Waals surface area contributed by atoms with Gasteiger partial charge in [-0.25, -0.2) is 0 Å². The third-order valence-electron chi connectivity index (χ3n) is 11.3. The predicted octanol–water partition coefficient (Wildman–Crippen LogP) is 4.79. The lowest BCUT2D eigenvalue weighted by Gasteiger charge is -2.71. The summed E-state index contributed by atoms with van der Waals surface area (Å²) in [5.74, 6) is -0.199. The molecule has 0 bridgehead atoms. The highest BCUT2D eigenvalue weighted by Crippen LogP contribution is 2.72. The fourth-order valence-electron chi connectivity index (χ4n) is 9.86. The molecule has 4 saturated carbocycles. The number of rotatable bonds is 8. The van der Waals surface area contributed by atoms with Gasteiger partial charge in [-0.1, -0.05) is 19.0 Å². The molecule has 10 atom stereocenters. The summed E-state index contributed by atoms with van der Waals surface area (Å²) < 4.78 is 37.5. The number of nitrogens with zero attached hydrogens (tertiary/aromatic N) is 3. The second-order valence-corrected chi connectivity index (χ2v) is 13.4. The number of methoxy groups -OCH3 is 2. The van der Waals surface area contributed by atoms with Gasteiger partial charge in [-0.2, -0.15) is 0 Å². The van der Waals surface area contributed by atoms with E-state index in [0.717, 1.165) is 32.1 Å². The van der Waals surface area contributed by atoms with Gasteiger partial charge in [-0.05, 0) is 82.1 Å². The second kappa shape index (κ2) is 10.1. The zero-order valence-corrected chi connectivity index (χ0v) is 24.0. The molecule has 0 aromatic rings. The monoisotopic (exact) mass is 537 g/mol. The van der Waals surface area contributed by atoms with Gasteiger partial charge in [-0.15, -0.1) is 0 Å². The number of ether oxygens (including phenoxy) is 6. The van der Waals surface area contributed by atoms with Crippen molar-refractivity contribution in [1.82, 2.24) is 0 Å². The van der Waals surface area contributed by atoms with Gasteiger partial charge in [0.1, 0.15) is 13.6 Å². The Hall–Kier alpha value is -0.970. The van der Waals surface area contributed by atoms with Crippen molar-refractivity contribution in [3.05, 3.63) is 10.4 Å². The predicted molar refractivity (Wildman–Crippen MR) is 139 cm³/mol. The summed E-state index contributed by atoms with van der Waals surface area (Å²) in [6.07, 6.45) is 5.16. The molecule has 5 fully saturated rings. The molecule has 0 radical (unpaired) electrons. The minimum absolute atomic E-state index is 0.0619. The van der Waals surface area contributed by atoms with E-state index in [2.05, 4.69) is 23.9 Å². The molecule has 1 spiro atoms. The minimum atomic E-state index is -0.930. The van der Waals surface area contributed by atoms with Crippen LogP contribution in [0.15, 0.2) is 5.11 Å². The summed E-state index contributed by atoms with van der Waals surface area (Å²) in [4.78, 5) is 3.08. The molecule has 1 heterocycles. The summed E-state index contributed by atoms with van der Waals surface area (Å²) in [5.41, 5.74) is 6.75. The number of hydrogen-bond donors (Lipinski definition) is 1. The molecular weight excluding hydrogens is 490 g/mol. The van der Waals surface area contributed by atoms with Crippen molar-refractivity contribution in [1.29, 1.82) is 0 Å². The number of fused-ring (bicyclic) bond motifs is 3. The quantitative estimate of drug-likeness (QED) is 0.204. The van der Waals surface area contributed by atoms with Crippen LogP contribution in [0.2, 0.25) is 0 Å². The average Bonchev–Trinajstić information content (AvgIpc) is 3.14.